The summed E-state index contributed by atoms with van der Waals surface area (Å²) in [6.07, 6.45) is 0. The van der Waals surface area contributed by atoms with Crippen molar-refractivity contribution in [2.24, 2.45) is 11.1 Å². The summed E-state index contributed by atoms with van der Waals surface area (Å²) in [4.78, 5) is 11.7. The summed E-state index contributed by atoms with van der Waals surface area (Å²) in [7, 11) is 0. The van der Waals surface area contributed by atoms with Gasteiger partial charge in [-0.3, -0.25) is 10.1 Å². The molecular weight excluding hydrogens is 425 g/mol. The number of hydrogen-bond donors (Lipinski definition) is 1. The van der Waals surface area contributed by atoms with E-state index in [4.69, 9.17) is 28.9 Å². The predicted octanol–water partition coefficient (Wildman–Crippen LogP) is 4.29. The second-order valence-electron chi connectivity index (χ2n) is 6.81. The number of halogens is 2. The van der Waals surface area contributed by atoms with Gasteiger partial charge >= 0.3 is 0 Å². The van der Waals surface area contributed by atoms with Crippen LogP contribution in [0.3, 0.4) is 0 Å². The Morgan fingerprint density at radius 1 is 0.933 bits per heavy atom. The first-order valence-electron chi connectivity index (χ1n) is 8.67. The van der Waals surface area contributed by atoms with Crippen LogP contribution in [0.15, 0.2) is 59.8 Å². The molecule has 1 aliphatic rings. The lowest BCUT2D eigenvalue weighted by molar-refractivity contribution is -0.532. The van der Waals surface area contributed by atoms with Crippen LogP contribution in [0, 0.1) is 49.5 Å². The van der Waals surface area contributed by atoms with Crippen molar-refractivity contribution in [1.29, 1.82) is 15.8 Å². The van der Waals surface area contributed by atoms with E-state index in [1.54, 1.807) is 24.3 Å². The molecule has 0 aromatic heterocycles. The number of rotatable bonds is 3. The molecule has 2 aromatic carbocycles. The van der Waals surface area contributed by atoms with Crippen molar-refractivity contribution in [3.8, 4) is 18.2 Å². The molecule has 1 aliphatic carbocycles. The van der Waals surface area contributed by atoms with Gasteiger partial charge < -0.3 is 5.73 Å². The number of nitriles is 3. The van der Waals surface area contributed by atoms with Crippen LogP contribution in [0.5, 0.6) is 0 Å². The highest BCUT2D eigenvalue weighted by molar-refractivity contribution is 6.30. The van der Waals surface area contributed by atoms with E-state index >= 15 is 0 Å². The van der Waals surface area contributed by atoms with Gasteiger partial charge in [0.2, 0.25) is 6.04 Å². The summed E-state index contributed by atoms with van der Waals surface area (Å²) in [5.74, 6) is -2.31. The molecule has 0 spiro atoms. The number of nitrogens with two attached hydrogens (primary N) is 1. The lowest BCUT2D eigenvalue weighted by atomic mass is 9.58. The molecule has 2 aromatic rings. The van der Waals surface area contributed by atoms with E-state index in [1.807, 2.05) is 18.2 Å². The van der Waals surface area contributed by atoms with Gasteiger partial charge in [0.15, 0.2) is 5.41 Å². The quantitative estimate of drug-likeness (QED) is 0.560. The van der Waals surface area contributed by atoms with E-state index in [2.05, 4.69) is 0 Å². The fourth-order valence-electron chi connectivity index (χ4n) is 3.98. The minimum absolute atomic E-state index is 0.174. The first-order valence-corrected chi connectivity index (χ1v) is 9.43. The molecule has 0 bridgehead atoms. The monoisotopic (exact) mass is 437 g/mol. The van der Waals surface area contributed by atoms with Crippen molar-refractivity contribution in [2.75, 3.05) is 0 Å². The molecule has 0 aliphatic heterocycles. The Labute approximate surface area is 182 Å². The maximum Gasteiger partial charge on any atom is 0.234 e. The van der Waals surface area contributed by atoms with Gasteiger partial charge in [0.1, 0.15) is 0 Å². The Balaban J connectivity index is 2.40. The Morgan fingerprint density at radius 2 is 1.40 bits per heavy atom. The zero-order chi connectivity index (χ0) is 22.1. The van der Waals surface area contributed by atoms with Crippen molar-refractivity contribution in [3.63, 3.8) is 0 Å². The Morgan fingerprint density at radius 3 is 1.80 bits per heavy atom. The van der Waals surface area contributed by atoms with E-state index in [0.29, 0.717) is 21.2 Å². The van der Waals surface area contributed by atoms with Crippen LogP contribution < -0.4 is 5.73 Å². The van der Waals surface area contributed by atoms with Gasteiger partial charge in [-0.15, -0.1) is 0 Å². The van der Waals surface area contributed by atoms with Crippen LogP contribution >= 0.6 is 23.2 Å². The summed E-state index contributed by atoms with van der Waals surface area (Å²) >= 11 is 11.9. The molecule has 0 unspecified atom stereocenters. The van der Waals surface area contributed by atoms with Gasteiger partial charge in [0, 0.05) is 15.0 Å². The van der Waals surface area contributed by atoms with Crippen LogP contribution in [-0.4, -0.2) is 11.0 Å². The first-order chi connectivity index (χ1) is 14.3. The second kappa shape index (κ2) is 8.05. The fraction of sp³-hybridized carbons (Fsp3) is 0.190. The van der Waals surface area contributed by atoms with Crippen LogP contribution in [0.2, 0.25) is 10.0 Å². The number of allylic oxidation sites excluding steroid dienone is 1. The lowest BCUT2D eigenvalue weighted by Crippen LogP contribution is -2.50. The standard InChI is InChI=1S/C21H13Cl2N5O2/c22-14-5-1-12(2-6-14)17-16(9-24)20(27)21(10-25,11-26)18(19(17)28(29)30)13-3-7-15(23)8-4-13/h1-8,17-19H,27H2/t17-,18-,19+/m1/s1. The van der Waals surface area contributed by atoms with Crippen LogP contribution in [0.4, 0.5) is 0 Å². The summed E-state index contributed by atoms with van der Waals surface area (Å²) in [5.41, 5.74) is 4.43. The van der Waals surface area contributed by atoms with Crippen LogP contribution in [0.1, 0.15) is 23.0 Å². The molecule has 0 heterocycles. The molecule has 2 N–H and O–H groups in total. The maximum atomic E-state index is 12.3. The molecule has 0 radical (unpaired) electrons. The molecule has 30 heavy (non-hydrogen) atoms. The molecule has 148 valence electrons. The molecule has 0 saturated carbocycles. The smallest absolute Gasteiger partial charge is 0.234 e. The van der Waals surface area contributed by atoms with Crippen molar-refractivity contribution in [3.05, 3.63) is 91.1 Å². The van der Waals surface area contributed by atoms with E-state index in [0.717, 1.165) is 0 Å². The van der Waals surface area contributed by atoms with Crippen molar-refractivity contribution in [1.82, 2.24) is 0 Å². The van der Waals surface area contributed by atoms with Gasteiger partial charge in [0.05, 0.1) is 41.3 Å². The van der Waals surface area contributed by atoms with Crippen LogP contribution in [0.25, 0.3) is 0 Å². The van der Waals surface area contributed by atoms with E-state index in [1.165, 1.54) is 24.3 Å². The summed E-state index contributed by atoms with van der Waals surface area (Å²) in [5, 5.41) is 42.8. The molecule has 3 rings (SSSR count). The average molecular weight is 438 g/mol. The third-order valence-corrected chi connectivity index (χ3v) is 5.85. The zero-order valence-corrected chi connectivity index (χ0v) is 16.8. The predicted molar refractivity (Wildman–Crippen MR) is 110 cm³/mol. The first kappa shape index (κ1) is 21.1. The molecule has 9 heteroatoms. The Kier molecular flexibility index (Phi) is 5.67. The third kappa shape index (κ3) is 3.23. The Bertz CT molecular complexity index is 1140. The second-order valence-corrected chi connectivity index (χ2v) is 7.68. The largest absolute Gasteiger partial charge is 0.399 e. The number of nitro groups is 1. The summed E-state index contributed by atoms with van der Waals surface area (Å²) in [6, 6.07) is 16.4. The molecule has 3 atom stereocenters. The molecule has 0 amide bonds. The molecular formula is C21H13Cl2N5O2. The minimum atomic E-state index is -2.10. The van der Waals surface area contributed by atoms with Crippen molar-refractivity contribution < 1.29 is 4.92 Å². The van der Waals surface area contributed by atoms with Crippen molar-refractivity contribution in [2.45, 2.75) is 17.9 Å². The van der Waals surface area contributed by atoms with Gasteiger partial charge in [-0.05, 0) is 35.4 Å². The van der Waals surface area contributed by atoms with Gasteiger partial charge in [-0.25, -0.2) is 0 Å². The van der Waals surface area contributed by atoms with Gasteiger partial charge in [-0.2, -0.15) is 15.8 Å². The van der Waals surface area contributed by atoms with Gasteiger partial charge in [0.25, 0.3) is 0 Å². The highest BCUT2D eigenvalue weighted by Gasteiger charge is 2.61. The van der Waals surface area contributed by atoms with E-state index in [9.17, 15) is 25.9 Å². The highest BCUT2D eigenvalue weighted by atomic mass is 35.5. The number of benzene rings is 2. The Hall–Kier alpha value is -3.57. The normalized spacial score (nSPS) is 22.4. The molecule has 7 nitrogen and oxygen atoms in total. The SMILES string of the molecule is N#CC1=C(N)C(C#N)(C#N)[C@H](c2ccc(Cl)cc2)[C@@H]([N+](=O)[O-])[C@@H]1c1ccc(Cl)cc1. The average Bonchev–Trinajstić information content (AvgIpc) is 2.74. The topological polar surface area (TPSA) is 141 Å². The van der Waals surface area contributed by atoms with E-state index < -0.39 is 28.2 Å². The van der Waals surface area contributed by atoms with Gasteiger partial charge in [-0.1, -0.05) is 47.5 Å². The molecule has 0 saturated heterocycles. The zero-order valence-electron chi connectivity index (χ0n) is 15.3. The minimum Gasteiger partial charge on any atom is -0.399 e. The van der Waals surface area contributed by atoms with Crippen LogP contribution in [-0.2, 0) is 0 Å². The third-order valence-electron chi connectivity index (χ3n) is 5.35. The molecule has 0 fully saturated rings. The lowest BCUT2D eigenvalue weighted by Gasteiger charge is -2.40. The maximum absolute atomic E-state index is 12.3. The summed E-state index contributed by atoms with van der Waals surface area (Å²) in [6.45, 7) is 0. The fourth-order valence-corrected chi connectivity index (χ4v) is 4.23. The summed E-state index contributed by atoms with van der Waals surface area (Å²) < 4.78 is 0. The number of hydrogen-bond acceptors (Lipinski definition) is 6. The van der Waals surface area contributed by atoms with Crippen molar-refractivity contribution >= 4 is 23.2 Å². The highest BCUT2D eigenvalue weighted by Crippen LogP contribution is 2.54. The van der Waals surface area contributed by atoms with E-state index in [-0.39, 0.29) is 11.3 Å². The number of nitrogens with zero attached hydrogens (tertiary/aromatic N) is 4.